The van der Waals surface area contributed by atoms with Crippen molar-refractivity contribution in [2.75, 3.05) is 19.7 Å². The van der Waals surface area contributed by atoms with Gasteiger partial charge in [-0.25, -0.2) is 12.7 Å². The first-order valence-corrected chi connectivity index (χ1v) is 9.53. The molecule has 0 fully saturated rings. The lowest BCUT2D eigenvalue weighted by atomic mass is 10.2. The highest BCUT2D eigenvalue weighted by Crippen LogP contribution is 2.29. The Balaban J connectivity index is 1.54. The lowest BCUT2D eigenvalue weighted by molar-refractivity contribution is -0.121. The fraction of sp³-hybridized carbons (Fsp3) is 0.176. The monoisotopic (exact) mass is 394 g/mol. The minimum absolute atomic E-state index is 0.0716. The van der Waals surface area contributed by atoms with Gasteiger partial charge in [0.15, 0.2) is 0 Å². The van der Waals surface area contributed by atoms with Crippen LogP contribution >= 0.6 is 11.6 Å². The van der Waals surface area contributed by atoms with Gasteiger partial charge in [0.05, 0.1) is 17.1 Å². The average Bonchev–Trinajstić information content (AvgIpc) is 2.81. The summed E-state index contributed by atoms with van der Waals surface area (Å²) in [5, 5.41) is 2.97. The van der Waals surface area contributed by atoms with Crippen LogP contribution in [0.1, 0.15) is 10.4 Å². The standard InChI is InChI=1S/C17H15ClN2O5S/c18-13-6-2-3-7-14(13)25-10-9-19-16(21)11-20-17(22)12-5-1-4-8-15(12)26(20,23)24/h1-8H,9-11H2,(H,19,21). The Morgan fingerprint density at radius 3 is 2.54 bits per heavy atom. The van der Waals surface area contributed by atoms with Crippen LogP contribution in [0.5, 0.6) is 5.75 Å². The molecule has 2 amide bonds. The van der Waals surface area contributed by atoms with E-state index in [4.69, 9.17) is 16.3 Å². The lowest BCUT2D eigenvalue weighted by Gasteiger charge is -2.15. The Bertz CT molecular complexity index is 961. The molecule has 7 nitrogen and oxygen atoms in total. The van der Waals surface area contributed by atoms with Crippen LogP contribution < -0.4 is 10.1 Å². The molecule has 0 aliphatic carbocycles. The van der Waals surface area contributed by atoms with Crippen molar-refractivity contribution < 1.29 is 22.7 Å². The highest BCUT2D eigenvalue weighted by atomic mass is 35.5. The van der Waals surface area contributed by atoms with E-state index in [2.05, 4.69) is 5.32 Å². The van der Waals surface area contributed by atoms with Crippen LogP contribution in [0, 0.1) is 0 Å². The number of ether oxygens (including phenoxy) is 1. The number of hydrogen-bond acceptors (Lipinski definition) is 5. The van der Waals surface area contributed by atoms with Crippen molar-refractivity contribution in [2.24, 2.45) is 0 Å². The molecule has 1 aliphatic heterocycles. The van der Waals surface area contributed by atoms with Gasteiger partial charge >= 0.3 is 0 Å². The molecule has 2 aromatic carbocycles. The van der Waals surface area contributed by atoms with Gasteiger partial charge in [-0.3, -0.25) is 9.59 Å². The van der Waals surface area contributed by atoms with Crippen molar-refractivity contribution in [3.05, 3.63) is 59.1 Å². The predicted octanol–water partition coefficient (Wildman–Crippen LogP) is 1.68. The molecule has 1 N–H and O–H groups in total. The summed E-state index contributed by atoms with van der Waals surface area (Å²) in [4.78, 5) is 24.2. The molecule has 3 rings (SSSR count). The predicted molar refractivity (Wildman–Crippen MR) is 94.6 cm³/mol. The number of hydrogen-bond donors (Lipinski definition) is 1. The molecule has 9 heteroatoms. The van der Waals surface area contributed by atoms with Gasteiger partial charge in [-0.1, -0.05) is 35.9 Å². The fourth-order valence-corrected chi connectivity index (χ4v) is 4.20. The molecular weight excluding hydrogens is 380 g/mol. The van der Waals surface area contributed by atoms with Gasteiger partial charge in [-0.05, 0) is 24.3 Å². The summed E-state index contributed by atoms with van der Waals surface area (Å²) in [6.45, 7) is -0.294. The van der Waals surface area contributed by atoms with Crippen molar-refractivity contribution in [1.29, 1.82) is 0 Å². The molecule has 0 bridgehead atoms. The van der Waals surface area contributed by atoms with E-state index in [1.165, 1.54) is 18.2 Å². The fourth-order valence-electron chi connectivity index (χ4n) is 2.49. The van der Waals surface area contributed by atoms with Crippen LogP contribution in [0.3, 0.4) is 0 Å². The molecule has 26 heavy (non-hydrogen) atoms. The van der Waals surface area contributed by atoms with Gasteiger partial charge in [0, 0.05) is 0 Å². The van der Waals surface area contributed by atoms with E-state index in [-0.39, 0.29) is 23.6 Å². The molecule has 0 saturated heterocycles. The van der Waals surface area contributed by atoms with Crippen molar-refractivity contribution >= 4 is 33.4 Å². The number of sulfonamides is 1. The van der Waals surface area contributed by atoms with Crippen LogP contribution in [0.4, 0.5) is 0 Å². The zero-order valence-corrected chi connectivity index (χ0v) is 15.1. The van der Waals surface area contributed by atoms with E-state index in [1.54, 1.807) is 30.3 Å². The Morgan fingerprint density at radius 1 is 1.12 bits per heavy atom. The minimum atomic E-state index is -4.00. The summed E-state index contributed by atoms with van der Waals surface area (Å²) in [6.07, 6.45) is 0. The molecule has 2 aromatic rings. The number of halogens is 1. The van der Waals surface area contributed by atoms with E-state index in [0.29, 0.717) is 15.1 Å². The van der Waals surface area contributed by atoms with Gasteiger partial charge in [0.2, 0.25) is 5.91 Å². The maximum Gasteiger partial charge on any atom is 0.269 e. The molecule has 0 spiro atoms. The molecular formula is C17H15ClN2O5S. The van der Waals surface area contributed by atoms with Gasteiger partial charge in [0.1, 0.15) is 23.8 Å². The second-order valence-electron chi connectivity index (χ2n) is 5.44. The first kappa shape index (κ1) is 18.2. The van der Waals surface area contributed by atoms with Crippen molar-refractivity contribution in [2.45, 2.75) is 4.90 Å². The number of benzene rings is 2. The van der Waals surface area contributed by atoms with Crippen molar-refractivity contribution in [1.82, 2.24) is 9.62 Å². The summed E-state index contributed by atoms with van der Waals surface area (Å²) in [5.41, 5.74) is 0.0716. The molecule has 0 atom stereocenters. The quantitative estimate of drug-likeness (QED) is 0.752. The molecule has 0 radical (unpaired) electrons. The van der Waals surface area contributed by atoms with Crippen LogP contribution in [0.25, 0.3) is 0 Å². The van der Waals surface area contributed by atoms with Gasteiger partial charge in [-0.15, -0.1) is 0 Å². The number of rotatable bonds is 6. The van der Waals surface area contributed by atoms with Crippen LogP contribution in [-0.4, -0.2) is 44.2 Å². The van der Waals surface area contributed by atoms with Crippen LogP contribution in [0.2, 0.25) is 5.02 Å². The Labute approximate surface area is 155 Å². The van der Waals surface area contributed by atoms with E-state index in [1.807, 2.05) is 0 Å². The average molecular weight is 395 g/mol. The Kier molecular flexibility index (Phi) is 5.15. The zero-order valence-electron chi connectivity index (χ0n) is 13.5. The number of nitrogens with zero attached hydrogens (tertiary/aromatic N) is 1. The zero-order chi connectivity index (χ0) is 18.7. The van der Waals surface area contributed by atoms with E-state index in [0.717, 1.165) is 0 Å². The summed E-state index contributed by atoms with van der Waals surface area (Å²) in [5.74, 6) is -0.822. The third-order valence-electron chi connectivity index (χ3n) is 3.72. The second kappa shape index (κ2) is 7.35. The summed E-state index contributed by atoms with van der Waals surface area (Å²) in [7, 11) is -4.00. The molecule has 0 aromatic heterocycles. The maximum atomic E-state index is 12.4. The number of carbonyl (C=O) groups is 2. The second-order valence-corrected chi connectivity index (χ2v) is 7.68. The SMILES string of the molecule is O=C(CN1C(=O)c2ccccc2S1(=O)=O)NCCOc1ccccc1Cl. The third-order valence-corrected chi connectivity index (χ3v) is 5.82. The number of amides is 2. The van der Waals surface area contributed by atoms with Gasteiger partial charge < -0.3 is 10.1 Å². The molecule has 0 saturated carbocycles. The summed E-state index contributed by atoms with van der Waals surface area (Å²) in [6, 6.07) is 12.8. The normalized spacial score (nSPS) is 14.8. The first-order valence-electron chi connectivity index (χ1n) is 7.71. The Hall–Kier alpha value is -2.58. The van der Waals surface area contributed by atoms with Gasteiger partial charge in [0.25, 0.3) is 15.9 Å². The largest absolute Gasteiger partial charge is 0.490 e. The lowest BCUT2D eigenvalue weighted by Crippen LogP contribution is -2.41. The maximum absolute atomic E-state index is 12.4. The Morgan fingerprint density at radius 2 is 1.81 bits per heavy atom. The number of para-hydroxylation sites is 1. The highest BCUT2D eigenvalue weighted by molar-refractivity contribution is 7.90. The first-order chi connectivity index (χ1) is 12.4. The van der Waals surface area contributed by atoms with Gasteiger partial charge in [-0.2, -0.15) is 0 Å². The summed E-state index contributed by atoms with van der Waals surface area (Å²) < 4.78 is 30.7. The smallest absolute Gasteiger partial charge is 0.269 e. The minimum Gasteiger partial charge on any atom is -0.490 e. The third kappa shape index (κ3) is 3.51. The summed E-state index contributed by atoms with van der Waals surface area (Å²) >= 11 is 5.95. The number of fused-ring (bicyclic) bond motifs is 1. The molecule has 1 aliphatic rings. The molecule has 136 valence electrons. The number of nitrogens with one attached hydrogen (secondary N) is 1. The molecule has 0 unspecified atom stereocenters. The topological polar surface area (TPSA) is 92.8 Å². The van der Waals surface area contributed by atoms with E-state index >= 15 is 0 Å². The number of carbonyl (C=O) groups excluding carboxylic acids is 2. The highest BCUT2D eigenvalue weighted by Gasteiger charge is 2.41. The van der Waals surface area contributed by atoms with Crippen LogP contribution in [0.15, 0.2) is 53.4 Å². The molecule has 1 heterocycles. The van der Waals surface area contributed by atoms with Crippen molar-refractivity contribution in [3.8, 4) is 5.75 Å². The van der Waals surface area contributed by atoms with E-state index in [9.17, 15) is 18.0 Å². The van der Waals surface area contributed by atoms with Crippen molar-refractivity contribution in [3.63, 3.8) is 0 Å². The van der Waals surface area contributed by atoms with E-state index < -0.39 is 28.4 Å². The van der Waals surface area contributed by atoms with Crippen LogP contribution in [-0.2, 0) is 14.8 Å².